The maximum absolute atomic E-state index is 12.9. The molecule has 2 aromatic heterocycles. The quantitative estimate of drug-likeness (QED) is 0.355. The Morgan fingerprint density at radius 3 is 2.74 bits per heavy atom. The average molecular weight is 522 g/mol. The van der Waals surface area contributed by atoms with Crippen LogP contribution in [0.2, 0.25) is 10.0 Å². The van der Waals surface area contributed by atoms with Crippen molar-refractivity contribution >= 4 is 40.4 Å². The predicted molar refractivity (Wildman–Crippen MR) is 137 cm³/mol. The fourth-order valence-electron chi connectivity index (χ4n) is 3.96. The molecule has 1 amide bonds. The lowest BCUT2D eigenvalue weighted by Crippen LogP contribution is -2.27. The van der Waals surface area contributed by atoms with Gasteiger partial charge in [0, 0.05) is 40.8 Å². The molecule has 0 bridgehead atoms. The summed E-state index contributed by atoms with van der Waals surface area (Å²) in [6.45, 7) is 8.57. The highest BCUT2D eigenvalue weighted by atomic mass is 35.5. The van der Waals surface area contributed by atoms with E-state index in [9.17, 15) is 4.79 Å². The lowest BCUT2D eigenvalue weighted by Gasteiger charge is -2.15. The van der Waals surface area contributed by atoms with Crippen molar-refractivity contribution in [2.75, 3.05) is 13.2 Å². The second-order valence-corrected chi connectivity index (χ2v) is 10.7. The number of nitrogens with one attached hydrogen (secondary N) is 1. The van der Waals surface area contributed by atoms with Crippen molar-refractivity contribution < 1.29 is 14.3 Å². The summed E-state index contributed by atoms with van der Waals surface area (Å²) in [6.07, 6.45) is 2.23. The number of hydrogen-bond donors (Lipinski definition) is 1. The molecule has 1 aromatic carbocycles. The normalized spacial score (nSPS) is 15.8. The second kappa shape index (κ2) is 11.1. The Labute approximate surface area is 214 Å². The van der Waals surface area contributed by atoms with Gasteiger partial charge in [0.1, 0.15) is 17.4 Å². The van der Waals surface area contributed by atoms with Gasteiger partial charge in [0.05, 0.1) is 23.1 Å². The number of carbonyl (C=O) groups is 1. The number of rotatable bonds is 9. The van der Waals surface area contributed by atoms with Gasteiger partial charge in [-0.1, -0.05) is 37.0 Å². The van der Waals surface area contributed by atoms with E-state index in [0.717, 1.165) is 41.5 Å². The highest BCUT2D eigenvalue weighted by Crippen LogP contribution is 2.30. The second-order valence-electron chi connectivity index (χ2n) is 8.90. The smallest absolute Gasteiger partial charge is 0.253 e. The van der Waals surface area contributed by atoms with Gasteiger partial charge in [0.25, 0.3) is 5.91 Å². The molecule has 34 heavy (non-hydrogen) atoms. The number of carbonyl (C=O) groups excluding carboxylic acids is 1. The molecule has 3 heterocycles. The number of ether oxygens (including phenoxy) is 2. The van der Waals surface area contributed by atoms with E-state index in [1.54, 1.807) is 18.2 Å². The Morgan fingerprint density at radius 1 is 1.29 bits per heavy atom. The topological polar surface area (TPSA) is 65.4 Å². The zero-order valence-electron chi connectivity index (χ0n) is 19.6. The Hall–Kier alpha value is -2.06. The minimum absolute atomic E-state index is 0.0600. The molecule has 1 atom stereocenters. The van der Waals surface area contributed by atoms with Gasteiger partial charge in [-0.25, -0.2) is 4.98 Å². The van der Waals surface area contributed by atoms with Crippen LogP contribution in [0.1, 0.15) is 47.7 Å². The first-order valence-corrected chi connectivity index (χ1v) is 13.1. The van der Waals surface area contributed by atoms with Gasteiger partial charge in [-0.15, -0.1) is 11.3 Å². The van der Waals surface area contributed by atoms with Crippen LogP contribution in [0, 0.1) is 12.8 Å². The minimum Gasteiger partial charge on any atom is -0.486 e. The Kier molecular flexibility index (Phi) is 8.19. The number of aromatic nitrogens is 2. The number of nitrogens with zero attached hydrogens (tertiary/aromatic N) is 2. The Bertz CT molecular complexity index is 1130. The van der Waals surface area contributed by atoms with Gasteiger partial charge in [0.15, 0.2) is 0 Å². The molecule has 0 aliphatic carbocycles. The lowest BCUT2D eigenvalue weighted by atomic mass is 10.2. The van der Waals surface area contributed by atoms with Gasteiger partial charge in [-0.3, -0.25) is 4.79 Å². The fourth-order valence-corrected chi connectivity index (χ4v) is 5.16. The van der Waals surface area contributed by atoms with Crippen molar-refractivity contribution in [3.8, 4) is 17.1 Å². The zero-order valence-corrected chi connectivity index (χ0v) is 21.9. The maximum atomic E-state index is 12.9. The molecule has 4 rings (SSSR count). The van der Waals surface area contributed by atoms with Gasteiger partial charge in [0.2, 0.25) is 0 Å². The molecule has 9 heteroatoms. The third-order valence-electron chi connectivity index (χ3n) is 5.70. The molecule has 1 unspecified atom stereocenters. The first kappa shape index (κ1) is 25.0. The van der Waals surface area contributed by atoms with E-state index in [0.29, 0.717) is 47.0 Å². The third kappa shape index (κ3) is 6.13. The predicted octanol–water partition coefficient (Wildman–Crippen LogP) is 6.37. The zero-order chi connectivity index (χ0) is 24.2. The highest BCUT2D eigenvalue weighted by molar-refractivity contribution is 7.09. The summed E-state index contributed by atoms with van der Waals surface area (Å²) in [4.78, 5) is 17.7. The first-order valence-electron chi connectivity index (χ1n) is 11.4. The molecule has 1 N–H and O–H groups in total. The van der Waals surface area contributed by atoms with Crippen molar-refractivity contribution in [3.63, 3.8) is 0 Å². The fraction of sp³-hybridized carbons (Fsp3) is 0.440. The summed E-state index contributed by atoms with van der Waals surface area (Å²) in [5.74, 6) is 0.916. The van der Waals surface area contributed by atoms with E-state index in [4.69, 9.17) is 37.7 Å². The largest absolute Gasteiger partial charge is 0.486 e. The van der Waals surface area contributed by atoms with Crippen molar-refractivity contribution in [3.05, 3.63) is 56.0 Å². The van der Waals surface area contributed by atoms with Crippen LogP contribution in [0.4, 0.5) is 0 Å². The van der Waals surface area contributed by atoms with Crippen LogP contribution < -0.4 is 10.1 Å². The van der Waals surface area contributed by atoms with Gasteiger partial charge in [-0.2, -0.15) is 0 Å². The van der Waals surface area contributed by atoms with Gasteiger partial charge >= 0.3 is 0 Å². The third-order valence-corrected chi connectivity index (χ3v) is 6.96. The monoisotopic (exact) mass is 521 g/mol. The van der Waals surface area contributed by atoms with E-state index in [2.05, 4.69) is 23.7 Å². The number of amides is 1. The van der Waals surface area contributed by atoms with Crippen LogP contribution >= 0.6 is 34.5 Å². The molecule has 182 valence electrons. The SMILES string of the molecule is Cc1c(C(=O)NCC(C)C)cc(-c2csc(COc3cc(Cl)cc(Cl)c3)n2)n1CC1CCCO1. The Morgan fingerprint density at radius 2 is 2.06 bits per heavy atom. The summed E-state index contributed by atoms with van der Waals surface area (Å²) in [6, 6.07) is 7.05. The van der Waals surface area contributed by atoms with Crippen molar-refractivity contribution in [1.29, 1.82) is 0 Å². The van der Waals surface area contributed by atoms with Crippen LogP contribution in [-0.2, 0) is 17.9 Å². The van der Waals surface area contributed by atoms with Crippen molar-refractivity contribution in [2.24, 2.45) is 5.92 Å². The van der Waals surface area contributed by atoms with Crippen molar-refractivity contribution in [2.45, 2.75) is 52.9 Å². The number of benzene rings is 1. The Balaban J connectivity index is 1.57. The molecule has 0 radical (unpaired) electrons. The molecule has 3 aromatic rings. The molecule has 1 fully saturated rings. The summed E-state index contributed by atoms with van der Waals surface area (Å²) in [5, 5.41) is 6.90. The van der Waals surface area contributed by atoms with Gasteiger partial charge in [-0.05, 0) is 49.9 Å². The van der Waals surface area contributed by atoms with E-state index in [1.807, 2.05) is 18.4 Å². The summed E-state index contributed by atoms with van der Waals surface area (Å²) < 4.78 is 13.9. The van der Waals surface area contributed by atoms with Crippen LogP contribution in [0.15, 0.2) is 29.6 Å². The molecule has 1 aliphatic rings. The molecular weight excluding hydrogens is 493 g/mol. The molecule has 1 saturated heterocycles. The lowest BCUT2D eigenvalue weighted by molar-refractivity contribution is 0.0938. The van der Waals surface area contributed by atoms with Crippen LogP contribution in [-0.4, -0.2) is 34.7 Å². The number of hydrogen-bond acceptors (Lipinski definition) is 5. The van der Waals surface area contributed by atoms with E-state index >= 15 is 0 Å². The molecule has 1 aliphatic heterocycles. The van der Waals surface area contributed by atoms with Crippen molar-refractivity contribution in [1.82, 2.24) is 14.9 Å². The molecule has 0 saturated carbocycles. The van der Waals surface area contributed by atoms with E-state index in [1.165, 1.54) is 11.3 Å². The van der Waals surface area contributed by atoms with Crippen LogP contribution in [0.25, 0.3) is 11.4 Å². The van der Waals surface area contributed by atoms with Crippen LogP contribution in [0.3, 0.4) is 0 Å². The number of halogens is 2. The van der Waals surface area contributed by atoms with E-state index in [-0.39, 0.29) is 12.0 Å². The van der Waals surface area contributed by atoms with Gasteiger partial charge < -0.3 is 19.4 Å². The molecular formula is C25H29Cl2N3O3S. The molecule has 6 nitrogen and oxygen atoms in total. The standard InChI is InChI=1S/C25H29Cl2N3O3S/c1-15(2)11-28-25(31)21-10-23(30(16(21)3)12-19-5-4-6-32-19)22-14-34-24(29-22)13-33-20-8-17(26)7-18(27)9-20/h7-10,14-15,19H,4-6,11-13H2,1-3H3,(H,28,31). The minimum atomic E-state index is -0.0600. The van der Waals surface area contributed by atoms with E-state index < -0.39 is 0 Å². The maximum Gasteiger partial charge on any atom is 0.253 e. The summed E-state index contributed by atoms with van der Waals surface area (Å²) >= 11 is 13.6. The average Bonchev–Trinajstić information content (AvgIpc) is 3.52. The summed E-state index contributed by atoms with van der Waals surface area (Å²) in [5.41, 5.74) is 3.33. The summed E-state index contributed by atoms with van der Waals surface area (Å²) in [7, 11) is 0. The highest BCUT2D eigenvalue weighted by Gasteiger charge is 2.24. The first-order chi connectivity index (χ1) is 16.3. The number of thiazole rings is 1. The molecule has 0 spiro atoms. The van der Waals surface area contributed by atoms with Crippen LogP contribution in [0.5, 0.6) is 5.75 Å².